The van der Waals surface area contributed by atoms with Gasteiger partial charge in [-0.1, -0.05) is 26.0 Å². The van der Waals surface area contributed by atoms with Gasteiger partial charge in [0.05, 0.1) is 6.10 Å². The summed E-state index contributed by atoms with van der Waals surface area (Å²) in [6.07, 6.45) is -0.782. The van der Waals surface area contributed by atoms with Crippen LogP contribution in [0, 0.1) is 5.82 Å². The zero-order valence-corrected chi connectivity index (χ0v) is 11.9. The zero-order valence-electron chi connectivity index (χ0n) is 11.9. The Balaban J connectivity index is 2.25. The van der Waals surface area contributed by atoms with Gasteiger partial charge >= 0.3 is 0 Å². The first-order chi connectivity index (χ1) is 9.47. The maximum atomic E-state index is 13.2. The number of rotatable bonds is 4. The third kappa shape index (κ3) is 3.36. The maximum Gasteiger partial charge on any atom is 0.133 e. The maximum absolute atomic E-state index is 13.2. The molecular formula is C17H19FO2. The summed E-state index contributed by atoms with van der Waals surface area (Å²) in [7, 11) is 0. The van der Waals surface area contributed by atoms with Crippen LogP contribution in [-0.2, 0) is 0 Å². The summed E-state index contributed by atoms with van der Waals surface area (Å²) in [5.41, 5.74) is 1.67. The fourth-order valence-electron chi connectivity index (χ4n) is 1.99. The van der Waals surface area contributed by atoms with Gasteiger partial charge in [-0.3, -0.25) is 0 Å². The van der Waals surface area contributed by atoms with Crippen molar-refractivity contribution in [2.75, 3.05) is 0 Å². The van der Waals surface area contributed by atoms with E-state index in [1.165, 1.54) is 23.8 Å². The second-order valence-electron chi connectivity index (χ2n) is 5.18. The van der Waals surface area contributed by atoms with Crippen LogP contribution in [0.3, 0.4) is 0 Å². The molecule has 0 amide bonds. The summed E-state index contributed by atoms with van der Waals surface area (Å²) in [6, 6.07) is 11.9. The van der Waals surface area contributed by atoms with E-state index in [9.17, 15) is 9.50 Å². The van der Waals surface area contributed by atoms with E-state index in [1.807, 2.05) is 24.3 Å². The van der Waals surface area contributed by atoms with Gasteiger partial charge in [0.1, 0.15) is 17.3 Å². The van der Waals surface area contributed by atoms with Crippen LogP contribution in [0.2, 0.25) is 0 Å². The second kappa shape index (κ2) is 6.06. The lowest BCUT2D eigenvalue weighted by molar-refractivity contribution is 0.195. The Labute approximate surface area is 118 Å². The molecule has 1 N–H and O–H groups in total. The van der Waals surface area contributed by atoms with Gasteiger partial charge in [0.2, 0.25) is 0 Å². The summed E-state index contributed by atoms with van der Waals surface area (Å²) in [6.45, 7) is 5.84. The zero-order chi connectivity index (χ0) is 14.7. The van der Waals surface area contributed by atoms with Gasteiger partial charge in [-0.2, -0.15) is 0 Å². The molecule has 2 rings (SSSR count). The van der Waals surface area contributed by atoms with Crippen LogP contribution >= 0.6 is 0 Å². The SMILES string of the molecule is CC(C)c1ccc(Oc2ccc(F)cc2[C@H](C)O)cc1. The minimum atomic E-state index is -0.782. The van der Waals surface area contributed by atoms with Crippen molar-refractivity contribution in [3.8, 4) is 11.5 Å². The molecule has 0 heterocycles. The molecule has 106 valence electrons. The van der Waals surface area contributed by atoms with Gasteiger partial charge in [0.25, 0.3) is 0 Å². The highest BCUT2D eigenvalue weighted by molar-refractivity contribution is 5.40. The molecule has 0 aromatic heterocycles. The van der Waals surface area contributed by atoms with Crippen LogP contribution in [0.4, 0.5) is 4.39 Å². The Morgan fingerprint density at radius 2 is 1.65 bits per heavy atom. The minimum absolute atomic E-state index is 0.386. The van der Waals surface area contributed by atoms with E-state index in [0.29, 0.717) is 23.0 Å². The average Bonchev–Trinajstić information content (AvgIpc) is 2.41. The number of ether oxygens (including phenoxy) is 1. The molecule has 20 heavy (non-hydrogen) atoms. The van der Waals surface area contributed by atoms with Crippen molar-refractivity contribution in [3.63, 3.8) is 0 Å². The van der Waals surface area contributed by atoms with Crippen LogP contribution in [0.25, 0.3) is 0 Å². The van der Waals surface area contributed by atoms with Crippen molar-refractivity contribution >= 4 is 0 Å². The second-order valence-corrected chi connectivity index (χ2v) is 5.18. The van der Waals surface area contributed by atoms with E-state index in [2.05, 4.69) is 13.8 Å². The lowest BCUT2D eigenvalue weighted by Crippen LogP contribution is -1.97. The summed E-state index contributed by atoms with van der Waals surface area (Å²) >= 11 is 0. The number of halogens is 1. The van der Waals surface area contributed by atoms with Gasteiger partial charge in [0, 0.05) is 5.56 Å². The molecule has 3 heteroatoms. The highest BCUT2D eigenvalue weighted by Gasteiger charge is 2.11. The first-order valence-electron chi connectivity index (χ1n) is 6.72. The smallest absolute Gasteiger partial charge is 0.133 e. The topological polar surface area (TPSA) is 29.5 Å². The molecule has 0 aliphatic rings. The lowest BCUT2D eigenvalue weighted by atomic mass is 10.0. The molecule has 2 aromatic carbocycles. The van der Waals surface area contributed by atoms with Crippen LogP contribution in [-0.4, -0.2) is 5.11 Å². The van der Waals surface area contributed by atoms with Crippen molar-refractivity contribution in [1.29, 1.82) is 0 Å². The van der Waals surface area contributed by atoms with Crippen molar-refractivity contribution < 1.29 is 14.2 Å². The minimum Gasteiger partial charge on any atom is -0.457 e. The summed E-state index contributed by atoms with van der Waals surface area (Å²) < 4.78 is 19.0. The molecule has 0 aliphatic heterocycles. The van der Waals surface area contributed by atoms with E-state index in [0.717, 1.165) is 0 Å². The predicted molar refractivity (Wildman–Crippen MR) is 77.6 cm³/mol. The number of hydrogen-bond acceptors (Lipinski definition) is 2. The largest absolute Gasteiger partial charge is 0.457 e. The van der Waals surface area contributed by atoms with Crippen molar-refractivity contribution in [1.82, 2.24) is 0 Å². The quantitative estimate of drug-likeness (QED) is 0.868. The number of benzene rings is 2. The molecule has 1 atom stereocenters. The Morgan fingerprint density at radius 3 is 2.20 bits per heavy atom. The van der Waals surface area contributed by atoms with Gasteiger partial charge in [-0.05, 0) is 48.7 Å². The van der Waals surface area contributed by atoms with Gasteiger partial charge in [-0.15, -0.1) is 0 Å². The van der Waals surface area contributed by atoms with Crippen molar-refractivity contribution in [2.45, 2.75) is 32.8 Å². The van der Waals surface area contributed by atoms with E-state index in [4.69, 9.17) is 4.74 Å². The summed E-state index contributed by atoms with van der Waals surface area (Å²) in [5, 5.41) is 9.68. The average molecular weight is 274 g/mol. The summed E-state index contributed by atoms with van der Waals surface area (Å²) in [5.74, 6) is 1.22. The molecule has 2 nitrogen and oxygen atoms in total. The lowest BCUT2D eigenvalue weighted by Gasteiger charge is -2.14. The fraction of sp³-hybridized carbons (Fsp3) is 0.294. The third-order valence-electron chi connectivity index (χ3n) is 3.20. The molecule has 0 aliphatic carbocycles. The van der Waals surface area contributed by atoms with Crippen LogP contribution in [0.5, 0.6) is 11.5 Å². The summed E-state index contributed by atoms with van der Waals surface area (Å²) in [4.78, 5) is 0. The standard InChI is InChI=1S/C17H19FO2/c1-11(2)13-4-7-15(8-5-13)20-17-9-6-14(18)10-16(17)12(3)19/h4-12,19H,1-3H3/t12-/m0/s1. The predicted octanol–water partition coefficient (Wildman–Crippen LogP) is 4.79. The normalized spacial score (nSPS) is 12.5. The third-order valence-corrected chi connectivity index (χ3v) is 3.20. The van der Waals surface area contributed by atoms with Crippen LogP contribution in [0.15, 0.2) is 42.5 Å². The molecule has 0 fully saturated rings. The molecule has 0 bridgehead atoms. The first kappa shape index (κ1) is 14.5. The number of aliphatic hydroxyl groups excluding tert-OH is 1. The Bertz CT molecular complexity index is 574. The van der Waals surface area contributed by atoms with E-state index in [-0.39, 0.29) is 5.82 Å². The Hall–Kier alpha value is -1.87. The highest BCUT2D eigenvalue weighted by atomic mass is 19.1. The molecular weight excluding hydrogens is 255 g/mol. The van der Waals surface area contributed by atoms with E-state index < -0.39 is 6.10 Å². The van der Waals surface area contributed by atoms with Crippen LogP contribution in [0.1, 0.15) is 43.9 Å². The number of hydrogen-bond donors (Lipinski definition) is 1. The highest BCUT2D eigenvalue weighted by Crippen LogP contribution is 2.30. The molecule has 0 saturated carbocycles. The fourth-order valence-corrected chi connectivity index (χ4v) is 1.99. The van der Waals surface area contributed by atoms with Gasteiger partial charge in [-0.25, -0.2) is 4.39 Å². The Kier molecular flexibility index (Phi) is 4.40. The van der Waals surface area contributed by atoms with Crippen molar-refractivity contribution in [3.05, 3.63) is 59.4 Å². The van der Waals surface area contributed by atoms with E-state index in [1.54, 1.807) is 6.92 Å². The van der Waals surface area contributed by atoms with E-state index >= 15 is 0 Å². The molecule has 0 saturated heterocycles. The molecule has 0 spiro atoms. The van der Waals surface area contributed by atoms with Gasteiger partial charge in [0.15, 0.2) is 0 Å². The number of aliphatic hydroxyl groups is 1. The monoisotopic (exact) mass is 274 g/mol. The van der Waals surface area contributed by atoms with Crippen molar-refractivity contribution in [2.24, 2.45) is 0 Å². The molecule has 2 aromatic rings. The van der Waals surface area contributed by atoms with Crippen LogP contribution < -0.4 is 4.74 Å². The van der Waals surface area contributed by atoms with Gasteiger partial charge < -0.3 is 9.84 Å². The Morgan fingerprint density at radius 1 is 1.00 bits per heavy atom. The molecule has 0 radical (unpaired) electrons. The molecule has 0 unspecified atom stereocenters. The first-order valence-corrected chi connectivity index (χ1v) is 6.72.